The van der Waals surface area contributed by atoms with Crippen molar-refractivity contribution in [1.29, 1.82) is 0 Å². The zero-order valence-corrected chi connectivity index (χ0v) is 19.7. The van der Waals surface area contributed by atoms with Gasteiger partial charge in [0, 0.05) is 22.5 Å². The molecule has 2 aliphatic rings. The van der Waals surface area contributed by atoms with Crippen LogP contribution in [0.5, 0.6) is 0 Å². The first-order chi connectivity index (χ1) is 15.5. The van der Waals surface area contributed by atoms with Gasteiger partial charge in [-0.05, 0) is 60.0 Å². The zero-order valence-electron chi connectivity index (χ0n) is 17.3. The summed E-state index contributed by atoms with van der Waals surface area (Å²) in [5, 5.41) is 2.88. The van der Waals surface area contributed by atoms with Crippen LogP contribution in [0.1, 0.15) is 45.2 Å². The number of halogens is 2. The van der Waals surface area contributed by atoms with Gasteiger partial charge in [-0.3, -0.25) is 9.59 Å². The van der Waals surface area contributed by atoms with Crippen LogP contribution in [0.25, 0.3) is 0 Å². The lowest BCUT2D eigenvalue weighted by Gasteiger charge is -2.37. The van der Waals surface area contributed by atoms with E-state index in [0.29, 0.717) is 22.2 Å². The van der Waals surface area contributed by atoms with Crippen molar-refractivity contribution in [3.05, 3.63) is 91.6 Å². The van der Waals surface area contributed by atoms with E-state index in [0.717, 1.165) is 24.8 Å². The van der Waals surface area contributed by atoms with Crippen molar-refractivity contribution in [2.75, 3.05) is 13.1 Å². The molecule has 164 valence electrons. The average Bonchev–Trinajstić information content (AvgIpc) is 3.52. The summed E-state index contributed by atoms with van der Waals surface area (Å²) in [5.41, 5.74) is 2.66. The Hall–Kier alpha value is -2.34. The molecule has 1 saturated carbocycles. The highest BCUT2D eigenvalue weighted by Crippen LogP contribution is 2.38. The molecule has 5 rings (SSSR count). The highest BCUT2D eigenvalue weighted by molar-refractivity contribution is 7.10. The number of fused-ring (bicyclic) bond motifs is 1. The van der Waals surface area contributed by atoms with E-state index in [1.807, 2.05) is 23.1 Å². The Kier molecular flexibility index (Phi) is 5.97. The van der Waals surface area contributed by atoms with Crippen LogP contribution in [0.15, 0.2) is 60.0 Å². The smallest absolute Gasteiger partial charge is 0.256 e. The van der Waals surface area contributed by atoms with E-state index >= 15 is 0 Å². The van der Waals surface area contributed by atoms with Gasteiger partial charge in [0.25, 0.3) is 5.91 Å². The second kappa shape index (κ2) is 8.89. The highest BCUT2D eigenvalue weighted by atomic mass is 35.5. The van der Waals surface area contributed by atoms with E-state index in [-0.39, 0.29) is 30.4 Å². The van der Waals surface area contributed by atoms with Crippen molar-refractivity contribution in [2.24, 2.45) is 0 Å². The fraction of sp³-hybridized carbons (Fsp3) is 0.280. The summed E-state index contributed by atoms with van der Waals surface area (Å²) in [6.07, 6.45) is 2.64. The van der Waals surface area contributed by atoms with Crippen molar-refractivity contribution in [2.45, 2.75) is 31.3 Å². The number of rotatable bonds is 5. The number of hydrogen-bond acceptors (Lipinski definition) is 3. The standard InChI is InChI=1S/C25H22Cl2N2O2S/c26-17-6-9-19(21(27)14-17)25(31)29(18-7-8-18)15-23(30)28-12-10-22-20(11-13-32-22)24(28)16-4-2-1-3-5-16/h1-6,9,11,13-14,18,24H,7-8,10,12,15H2. The van der Waals surface area contributed by atoms with Crippen LogP contribution >= 0.6 is 34.5 Å². The lowest BCUT2D eigenvalue weighted by Crippen LogP contribution is -2.47. The number of thiophene rings is 1. The molecule has 1 atom stereocenters. The Morgan fingerprint density at radius 1 is 1.06 bits per heavy atom. The average molecular weight is 485 g/mol. The molecule has 0 bridgehead atoms. The maximum absolute atomic E-state index is 13.6. The molecular formula is C25H22Cl2N2O2S. The third-order valence-electron chi connectivity index (χ3n) is 6.12. The summed E-state index contributed by atoms with van der Waals surface area (Å²) >= 11 is 14.0. The Bertz CT molecular complexity index is 1160. The third-order valence-corrected chi connectivity index (χ3v) is 7.66. The number of carbonyl (C=O) groups excluding carboxylic acids is 2. The molecular weight excluding hydrogens is 463 g/mol. The zero-order chi connectivity index (χ0) is 22.2. The molecule has 1 fully saturated rings. The van der Waals surface area contributed by atoms with Crippen molar-refractivity contribution < 1.29 is 9.59 Å². The van der Waals surface area contributed by atoms with E-state index in [1.165, 1.54) is 10.4 Å². The molecule has 2 aromatic carbocycles. The minimum absolute atomic E-state index is 0.0407. The summed E-state index contributed by atoms with van der Waals surface area (Å²) in [7, 11) is 0. The quantitative estimate of drug-likeness (QED) is 0.456. The molecule has 0 spiro atoms. The summed E-state index contributed by atoms with van der Waals surface area (Å²) < 4.78 is 0. The van der Waals surface area contributed by atoms with Crippen LogP contribution in [-0.2, 0) is 11.2 Å². The molecule has 3 aromatic rings. The predicted octanol–water partition coefficient (Wildman–Crippen LogP) is 5.83. The van der Waals surface area contributed by atoms with Crippen LogP contribution in [-0.4, -0.2) is 40.7 Å². The second-order valence-electron chi connectivity index (χ2n) is 8.24. The number of nitrogens with zero attached hydrogens (tertiary/aromatic N) is 2. The van der Waals surface area contributed by atoms with Gasteiger partial charge in [-0.15, -0.1) is 11.3 Å². The van der Waals surface area contributed by atoms with Gasteiger partial charge >= 0.3 is 0 Å². The van der Waals surface area contributed by atoms with Crippen LogP contribution < -0.4 is 0 Å². The van der Waals surface area contributed by atoms with Crippen LogP contribution in [0, 0.1) is 0 Å². The van der Waals surface area contributed by atoms with E-state index in [9.17, 15) is 9.59 Å². The molecule has 7 heteroatoms. The van der Waals surface area contributed by atoms with Crippen molar-refractivity contribution in [3.8, 4) is 0 Å². The Balaban J connectivity index is 1.43. The summed E-state index contributed by atoms with van der Waals surface area (Å²) in [6.45, 7) is 0.686. The maximum atomic E-state index is 13.6. The van der Waals surface area contributed by atoms with E-state index in [4.69, 9.17) is 23.2 Å². The van der Waals surface area contributed by atoms with Crippen molar-refractivity contribution in [1.82, 2.24) is 9.80 Å². The lowest BCUT2D eigenvalue weighted by atomic mass is 9.93. The number of amides is 2. The van der Waals surface area contributed by atoms with Gasteiger partial charge < -0.3 is 9.80 Å². The molecule has 0 radical (unpaired) electrons. The number of hydrogen-bond donors (Lipinski definition) is 0. The Morgan fingerprint density at radius 3 is 2.56 bits per heavy atom. The molecule has 2 amide bonds. The fourth-order valence-corrected chi connectivity index (χ4v) is 5.78. The van der Waals surface area contributed by atoms with Crippen LogP contribution in [0.3, 0.4) is 0 Å². The first kappa shape index (κ1) is 21.5. The van der Waals surface area contributed by atoms with Gasteiger partial charge in [-0.1, -0.05) is 53.5 Å². The summed E-state index contributed by atoms with van der Waals surface area (Å²) in [5.74, 6) is -0.256. The van der Waals surface area contributed by atoms with Crippen molar-refractivity contribution in [3.63, 3.8) is 0 Å². The first-order valence-electron chi connectivity index (χ1n) is 10.7. The highest BCUT2D eigenvalue weighted by Gasteiger charge is 2.38. The normalized spacial score (nSPS) is 17.7. The van der Waals surface area contributed by atoms with Gasteiger partial charge in [-0.2, -0.15) is 0 Å². The second-order valence-corrected chi connectivity index (χ2v) is 10.1. The van der Waals surface area contributed by atoms with Crippen LogP contribution in [0.2, 0.25) is 10.0 Å². The molecule has 0 saturated heterocycles. The molecule has 1 aliphatic carbocycles. The third kappa shape index (κ3) is 4.17. The van der Waals surface area contributed by atoms with E-state index in [2.05, 4.69) is 23.6 Å². The van der Waals surface area contributed by atoms with E-state index in [1.54, 1.807) is 34.4 Å². The molecule has 1 unspecified atom stereocenters. The predicted molar refractivity (Wildman–Crippen MR) is 129 cm³/mol. The molecule has 0 N–H and O–H groups in total. The Labute approximate surface area is 201 Å². The minimum Gasteiger partial charge on any atom is -0.330 e. The SMILES string of the molecule is O=C(c1ccc(Cl)cc1Cl)N(CC(=O)N1CCc2sccc2C1c1ccccc1)C1CC1. The van der Waals surface area contributed by atoms with Gasteiger partial charge in [0.05, 0.1) is 16.6 Å². The monoisotopic (exact) mass is 484 g/mol. The molecule has 1 aromatic heterocycles. The molecule has 1 aliphatic heterocycles. The van der Waals surface area contributed by atoms with Gasteiger partial charge in [0.1, 0.15) is 6.54 Å². The number of benzene rings is 2. The molecule has 2 heterocycles. The lowest BCUT2D eigenvalue weighted by molar-refractivity contribution is -0.134. The molecule has 32 heavy (non-hydrogen) atoms. The van der Waals surface area contributed by atoms with Crippen molar-refractivity contribution >= 4 is 46.4 Å². The Morgan fingerprint density at radius 2 is 1.84 bits per heavy atom. The summed E-state index contributed by atoms with van der Waals surface area (Å²) in [6, 6.07) is 17.0. The maximum Gasteiger partial charge on any atom is 0.256 e. The number of carbonyl (C=O) groups is 2. The van der Waals surface area contributed by atoms with Crippen LogP contribution in [0.4, 0.5) is 0 Å². The fourth-order valence-electron chi connectivity index (χ4n) is 4.39. The van der Waals surface area contributed by atoms with E-state index < -0.39 is 0 Å². The van der Waals surface area contributed by atoms with Gasteiger partial charge in [-0.25, -0.2) is 0 Å². The van der Waals surface area contributed by atoms with Gasteiger partial charge in [0.2, 0.25) is 5.91 Å². The topological polar surface area (TPSA) is 40.6 Å². The van der Waals surface area contributed by atoms with Gasteiger partial charge in [0.15, 0.2) is 0 Å². The first-order valence-corrected chi connectivity index (χ1v) is 12.3. The minimum atomic E-state index is -0.216. The largest absolute Gasteiger partial charge is 0.330 e. The molecule has 4 nitrogen and oxygen atoms in total. The summed E-state index contributed by atoms with van der Waals surface area (Å²) in [4.78, 5) is 31.9.